The van der Waals surface area contributed by atoms with Gasteiger partial charge in [0.15, 0.2) is 0 Å². The maximum Gasteiger partial charge on any atom is 0.0472 e. The van der Waals surface area contributed by atoms with Crippen molar-refractivity contribution in [2.24, 2.45) is 5.41 Å². The summed E-state index contributed by atoms with van der Waals surface area (Å²) in [6.45, 7) is 6.51. The molecule has 2 aliphatic rings. The van der Waals surface area contributed by atoms with Gasteiger partial charge in [0.1, 0.15) is 0 Å². The van der Waals surface area contributed by atoms with Crippen molar-refractivity contribution < 1.29 is 4.74 Å². The molecule has 0 bridgehead atoms. The molecule has 1 spiro atoms. The molecule has 0 aliphatic carbocycles. The van der Waals surface area contributed by atoms with Gasteiger partial charge in [-0.05, 0) is 44.5 Å². The van der Waals surface area contributed by atoms with Crippen LogP contribution in [0.25, 0.3) is 0 Å². The Kier molecular flexibility index (Phi) is 3.50. The Labute approximate surface area is 115 Å². The highest BCUT2D eigenvalue weighted by atomic mass is 16.5. The lowest BCUT2D eigenvalue weighted by Crippen LogP contribution is -2.58. The van der Waals surface area contributed by atoms with Gasteiger partial charge in [-0.2, -0.15) is 0 Å². The van der Waals surface area contributed by atoms with Crippen LogP contribution >= 0.6 is 0 Å². The normalized spacial score (nSPS) is 23.2. The molecule has 2 fully saturated rings. The minimum absolute atomic E-state index is 0.415. The average molecular weight is 260 g/mol. The fourth-order valence-electron chi connectivity index (χ4n) is 3.22. The zero-order valence-corrected chi connectivity index (χ0v) is 12.0. The van der Waals surface area contributed by atoms with Crippen molar-refractivity contribution in [2.75, 3.05) is 38.3 Å². The zero-order chi connectivity index (χ0) is 13.3. The number of anilines is 1. The van der Waals surface area contributed by atoms with Crippen LogP contribution in [0, 0.1) is 5.41 Å². The third-order valence-corrected chi connectivity index (χ3v) is 4.77. The largest absolute Gasteiger partial charge is 0.381 e. The van der Waals surface area contributed by atoms with Crippen molar-refractivity contribution in [1.29, 1.82) is 0 Å². The summed E-state index contributed by atoms with van der Waals surface area (Å²) in [5.74, 6) is 0. The van der Waals surface area contributed by atoms with Crippen molar-refractivity contribution in [2.45, 2.75) is 25.8 Å². The lowest BCUT2D eigenvalue weighted by Gasteiger charge is -2.53. The van der Waals surface area contributed by atoms with Gasteiger partial charge in [0.05, 0.1) is 0 Å². The van der Waals surface area contributed by atoms with Gasteiger partial charge in [0.2, 0.25) is 0 Å². The molecule has 19 heavy (non-hydrogen) atoms. The van der Waals surface area contributed by atoms with E-state index in [0.29, 0.717) is 11.5 Å². The van der Waals surface area contributed by atoms with E-state index in [-0.39, 0.29) is 0 Å². The third kappa shape index (κ3) is 2.49. The standard InChI is InChI=1S/C16H24N2O/c1-13(17-2)14-4-3-5-15(10-14)18-11-16(12-18)6-8-19-9-7-16/h3-5,10,13,17H,6-9,11-12H2,1-2H3. The first-order valence-electron chi connectivity index (χ1n) is 7.32. The fourth-order valence-corrected chi connectivity index (χ4v) is 3.22. The smallest absolute Gasteiger partial charge is 0.0472 e. The summed E-state index contributed by atoms with van der Waals surface area (Å²) in [4.78, 5) is 2.51. The molecule has 2 saturated heterocycles. The molecule has 1 N–H and O–H groups in total. The van der Waals surface area contributed by atoms with Crippen LogP contribution in [-0.2, 0) is 4.74 Å². The van der Waals surface area contributed by atoms with Crippen LogP contribution in [0.5, 0.6) is 0 Å². The van der Waals surface area contributed by atoms with Gasteiger partial charge in [0, 0.05) is 43.4 Å². The Bertz CT molecular complexity index is 432. The quantitative estimate of drug-likeness (QED) is 0.904. The summed E-state index contributed by atoms with van der Waals surface area (Å²) in [7, 11) is 2.01. The van der Waals surface area contributed by atoms with E-state index in [9.17, 15) is 0 Å². The molecule has 1 unspecified atom stereocenters. The topological polar surface area (TPSA) is 24.5 Å². The first-order chi connectivity index (χ1) is 9.22. The lowest BCUT2D eigenvalue weighted by atomic mass is 9.73. The van der Waals surface area contributed by atoms with E-state index in [2.05, 4.69) is 41.4 Å². The molecule has 1 aromatic rings. The van der Waals surface area contributed by atoms with E-state index < -0.39 is 0 Å². The molecule has 1 atom stereocenters. The highest BCUT2D eigenvalue weighted by Crippen LogP contribution is 2.42. The molecule has 2 heterocycles. The van der Waals surface area contributed by atoms with Gasteiger partial charge in [-0.15, -0.1) is 0 Å². The van der Waals surface area contributed by atoms with Crippen molar-refractivity contribution in [3.63, 3.8) is 0 Å². The van der Waals surface area contributed by atoms with E-state index in [1.54, 1.807) is 0 Å². The summed E-state index contributed by atoms with van der Waals surface area (Å²) in [5, 5.41) is 3.31. The highest BCUT2D eigenvalue weighted by Gasteiger charge is 2.43. The van der Waals surface area contributed by atoms with Crippen LogP contribution in [0.15, 0.2) is 24.3 Å². The number of nitrogens with one attached hydrogen (secondary N) is 1. The molecule has 3 heteroatoms. The predicted octanol–water partition coefficient (Wildman–Crippen LogP) is 2.58. The first-order valence-corrected chi connectivity index (χ1v) is 7.32. The molecular weight excluding hydrogens is 236 g/mol. The zero-order valence-electron chi connectivity index (χ0n) is 12.0. The van der Waals surface area contributed by atoms with Crippen LogP contribution in [0.1, 0.15) is 31.4 Å². The first kappa shape index (κ1) is 12.9. The van der Waals surface area contributed by atoms with Crippen LogP contribution in [-0.4, -0.2) is 33.4 Å². The summed E-state index contributed by atoms with van der Waals surface area (Å²) in [6.07, 6.45) is 2.46. The van der Waals surface area contributed by atoms with E-state index in [1.165, 1.54) is 37.2 Å². The minimum Gasteiger partial charge on any atom is -0.381 e. The molecule has 0 saturated carbocycles. The van der Waals surface area contributed by atoms with Gasteiger partial charge >= 0.3 is 0 Å². The summed E-state index contributed by atoms with van der Waals surface area (Å²) < 4.78 is 5.48. The molecular formula is C16H24N2O. The van der Waals surface area contributed by atoms with Gasteiger partial charge in [-0.25, -0.2) is 0 Å². The number of rotatable bonds is 3. The molecule has 0 aromatic heterocycles. The molecule has 104 valence electrons. The Morgan fingerprint density at radius 3 is 2.68 bits per heavy atom. The molecule has 0 radical (unpaired) electrons. The summed E-state index contributed by atoms with van der Waals surface area (Å²) >= 11 is 0. The molecule has 2 aliphatic heterocycles. The average Bonchev–Trinajstić information content (AvgIpc) is 2.45. The second-order valence-electron chi connectivity index (χ2n) is 6.07. The summed E-state index contributed by atoms with van der Waals surface area (Å²) in [5.41, 5.74) is 3.28. The van der Waals surface area contributed by atoms with Gasteiger partial charge in [0.25, 0.3) is 0 Å². The Hall–Kier alpha value is -1.06. The maximum atomic E-state index is 5.48. The van der Waals surface area contributed by atoms with Crippen LogP contribution in [0.4, 0.5) is 5.69 Å². The molecule has 3 nitrogen and oxygen atoms in total. The third-order valence-electron chi connectivity index (χ3n) is 4.77. The number of hydrogen-bond donors (Lipinski definition) is 1. The Balaban J connectivity index is 1.68. The fraction of sp³-hybridized carbons (Fsp3) is 0.625. The number of benzene rings is 1. The second-order valence-corrected chi connectivity index (χ2v) is 6.07. The summed E-state index contributed by atoms with van der Waals surface area (Å²) in [6, 6.07) is 9.35. The maximum absolute atomic E-state index is 5.48. The number of hydrogen-bond acceptors (Lipinski definition) is 3. The van der Waals surface area contributed by atoms with Gasteiger partial charge < -0.3 is 15.0 Å². The van der Waals surface area contributed by atoms with Crippen molar-refractivity contribution >= 4 is 5.69 Å². The van der Waals surface area contributed by atoms with E-state index in [0.717, 1.165) is 13.2 Å². The van der Waals surface area contributed by atoms with Crippen molar-refractivity contribution in [3.8, 4) is 0 Å². The Morgan fingerprint density at radius 1 is 1.26 bits per heavy atom. The van der Waals surface area contributed by atoms with E-state index in [1.807, 2.05) is 7.05 Å². The predicted molar refractivity (Wildman–Crippen MR) is 78.6 cm³/mol. The van der Waals surface area contributed by atoms with E-state index in [4.69, 9.17) is 4.74 Å². The SMILES string of the molecule is CNC(C)c1cccc(N2CC3(CCOCC3)C2)c1. The van der Waals surface area contributed by atoms with E-state index >= 15 is 0 Å². The second kappa shape index (κ2) is 5.14. The van der Waals surface area contributed by atoms with Gasteiger partial charge in [-0.1, -0.05) is 12.1 Å². The molecule has 0 amide bonds. The Morgan fingerprint density at radius 2 is 2.00 bits per heavy atom. The monoisotopic (exact) mass is 260 g/mol. The molecule has 3 rings (SSSR count). The van der Waals surface area contributed by atoms with Crippen LogP contribution < -0.4 is 10.2 Å². The number of nitrogens with zero attached hydrogens (tertiary/aromatic N) is 1. The highest BCUT2D eigenvalue weighted by molar-refractivity contribution is 5.52. The molecule has 1 aromatic carbocycles. The van der Waals surface area contributed by atoms with Crippen molar-refractivity contribution in [3.05, 3.63) is 29.8 Å². The van der Waals surface area contributed by atoms with Crippen molar-refractivity contribution in [1.82, 2.24) is 5.32 Å². The van der Waals surface area contributed by atoms with Gasteiger partial charge in [-0.3, -0.25) is 0 Å². The van der Waals surface area contributed by atoms with Crippen LogP contribution in [0.2, 0.25) is 0 Å². The lowest BCUT2D eigenvalue weighted by molar-refractivity contribution is -0.000196. The number of ether oxygens (including phenoxy) is 1. The minimum atomic E-state index is 0.415. The van der Waals surface area contributed by atoms with Crippen LogP contribution in [0.3, 0.4) is 0 Å².